The van der Waals surface area contributed by atoms with E-state index >= 15 is 0 Å². The van der Waals surface area contributed by atoms with Crippen molar-refractivity contribution in [1.29, 1.82) is 0 Å². The first-order valence-electron chi connectivity index (χ1n) is 9.19. The summed E-state index contributed by atoms with van der Waals surface area (Å²) < 4.78 is 0. The molecular weight excluding hydrogens is 384 g/mol. The molecule has 4 rings (SSSR count). The summed E-state index contributed by atoms with van der Waals surface area (Å²) in [6, 6.07) is 25.9. The predicted molar refractivity (Wildman–Crippen MR) is 116 cm³/mol. The van der Waals surface area contributed by atoms with Crippen LogP contribution in [0.25, 0.3) is 5.70 Å². The predicted octanol–water partition coefficient (Wildman–Crippen LogP) is 2.43. The van der Waals surface area contributed by atoms with Crippen LogP contribution < -0.4 is 21.4 Å². The normalized spacial score (nSPS) is 16.0. The van der Waals surface area contributed by atoms with Crippen LogP contribution in [0.15, 0.2) is 90.5 Å². The Morgan fingerprint density at radius 2 is 1.55 bits per heavy atom. The lowest BCUT2D eigenvalue weighted by Gasteiger charge is -2.23. The van der Waals surface area contributed by atoms with Crippen molar-refractivity contribution < 1.29 is 9.79 Å². The molecule has 144 valence electrons. The van der Waals surface area contributed by atoms with Gasteiger partial charge in [-0.25, -0.2) is 5.32 Å². The van der Waals surface area contributed by atoms with Gasteiger partial charge in [-0.15, -0.1) is 0 Å². The van der Waals surface area contributed by atoms with Crippen molar-refractivity contribution >= 4 is 34.9 Å². The molecule has 1 aliphatic heterocycles. The zero-order chi connectivity index (χ0) is 20.2. The molecular formula is C23H20ClN4O+. The fourth-order valence-corrected chi connectivity index (χ4v) is 3.44. The van der Waals surface area contributed by atoms with E-state index in [0.29, 0.717) is 22.3 Å². The third kappa shape index (κ3) is 4.15. The number of halogens is 1. The second-order valence-corrected chi connectivity index (χ2v) is 7.08. The van der Waals surface area contributed by atoms with Gasteiger partial charge in [0, 0.05) is 16.3 Å². The molecule has 0 saturated heterocycles. The number of anilines is 1. The van der Waals surface area contributed by atoms with E-state index in [1.807, 2.05) is 72.8 Å². The highest BCUT2D eigenvalue weighted by molar-refractivity contribution is 6.30. The van der Waals surface area contributed by atoms with Crippen LogP contribution in [0.3, 0.4) is 0 Å². The summed E-state index contributed by atoms with van der Waals surface area (Å²) in [4.78, 5) is 16.6. The van der Waals surface area contributed by atoms with Crippen LogP contribution in [0.4, 0.5) is 5.69 Å². The fourth-order valence-electron chi connectivity index (χ4n) is 3.31. The Bertz CT molecular complexity index is 1080. The van der Waals surface area contributed by atoms with Crippen LogP contribution >= 0.6 is 11.6 Å². The van der Waals surface area contributed by atoms with Crippen molar-refractivity contribution in [3.63, 3.8) is 0 Å². The fraction of sp³-hybridized carbons (Fsp3) is 0.0435. The SMILES string of the molecule is NC1=[NH+][C@H](c2ccc(Cl)cc2)C(C(=O)Nc2ccccc2)=C(c2ccccc2)N1. The minimum Gasteiger partial charge on any atom is -0.322 e. The zero-order valence-electron chi connectivity index (χ0n) is 15.5. The standard InChI is InChI=1S/C23H19ClN4O/c24-17-13-11-16(12-14-17)21-19(22(29)26-18-9-5-2-6-10-18)20(27-23(25)28-21)15-7-3-1-4-8-15/h1-14,21H,(H,26,29)(H3,25,27,28)/p+1/t21-/m1/s1. The molecule has 6 heteroatoms. The molecule has 3 aromatic carbocycles. The summed E-state index contributed by atoms with van der Waals surface area (Å²) in [6.45, 7) is 0. The van der Waals surface area contributed by atoms with Crippen LogP contribution in [-0.2, 0) is 4.79 Å². The number of benzene rings is 3. The maximum atomic E-state index is 13.4. The molecule has 1 aliphatic rings. The lowest BCUT2D eigenvalue weighted by molar-refractivity contribution is -0.501. The third-order valence-electron chi connectivity index (χ3n) is 4.66. The van der Waals surface area contributed by atoms with Crippen molar-refractivity contribution in [1.82, 2.24) is 5.32 Å². The van der Waals surface area contributed by atoms with E-state index in [1.165, 1.54) is 0 Å². The summed E-state index contributed by atoms with van der Waals surface area (Å²) in [5.74, 6) is 0.155. The van der Waals surface area contributed by atoms with Crippen LogP contribution in [0.2, 0.25) is 5.02 Å². The lowest BCUT2D eigenvalue weighted by Crippen LogP contribution is -2.82. The van der Waals surface area contributed by atoms with Gasteiger partial charge in [0.25, 0.3) is 5.91 Å². The average Bonchev–Trinajstić information content (AvgIpc) is 2.75. The van der Waals surface area contributed by atoms with Gasteiger partial charge in [-0.3, -0.25) is 15.5 Å². The molecule has 1 atom stereocenters. The Kier molecular flexibility index (Phi) is 5.31. The topological polar surface area (TPSA) is 81.1 Å². The Hall–Kier alpha value is -3.57. The Morgan fingerprint density at radius 3 is 2.21 bits per heavy atom. The van der Waals surface area contributed by atoms with Crippen LogP contribution in [0, 0.1) is 0 Å². The van der Waals surface area contributed by atoms with Gasteiger partial charge in [-0.2, -0.15) is 0 Å². The van der Waals surface area contributed by atoms with E-state index < -0.39 is 6.04 Å². The van der Waals surface area contributed by atoms with Crippen molar-refractivity contribution in [2.24, 2.45) is 5.73 Å². The maximum absolute atomic E-state index is 13.4. The van der Waals surface area contributed by atoms with E-state index in [2.05, 4.69) is 15.6 Å². The van der Waals surface area contributed by atoms with Gasteiger partial charge >= 0.3 is 5.96 Å². The maximum Gasteiger partial charge on any atom is 0.346 e. The number of hydrogen-bond donors (Lipinski definition) is 4. The summed E-state index contributed by atoms with van der Waals surface area (Å²) >= 11 is 6.06. The van der Waals surface area contributed by atoms with E-state index in [1.54, 1.807) is 12.1 Å². The number of hydrogen-bond acceptors (Lipinski definition) is 3. The largest absolute Gasteiger partial charge is 0.346 e. The third-order valence-corrected chi connectivity index (χ3v) is 4.91. The number of nitrogens with one attached hydrogen (secondary N) is 3. The average molecular weight is 404 g/mol. The van der Waals surface area contributed by atoms with Gasteiger partial charge in [0.1, 0.15) is 11.7 Å². The van der Waals surface area contributed by atoms with E-state index in [-0.39, 0.29) is 5.91 Å². The monoisotopic (exact) mass is 403 g/mol. The van der Waals surface area contributed by atoms with Crippen LogP contribution in [0.1, 0.15) is 17.2 Å². The number of rotatable bonds is 4. The molecule has 0 saturated carbocycles. The molecule has 0 aromatic heterocycles. The highest BCUT2D eigenvalue weighted by Crippen LogP contribution is 2.28. The first-order valence-corrected chi connectivity index (χ1v) is 9.57. The van der Waals surface area contributed by atoms with Gasteiger partial charge in [0.2, 0.25) is 0 Å². The molecule has 1 amide bonds. The van der Waals surface area contributed by atoms with Gasteiger partial charge in [-0.1, -0.05) is 72.3 Å². The van der Waals surface area contributed by atoms with Gasteiger partial charge in [0.05, 0.1) is 5.57 Å². The van der Waals surface area contributed by atoms with Crippen LogP contribution in [-0.4, -0.2) is 11.9 Å². The number of amides is 1. The molecule has 0 bridgehead atoms. The number of guanidine groups is 1. The quantitative estimate of drug-likeness (QED) is 0.540. The van der Waals surface area contributed by atoms with Crippen molar-refractivity contribution in [2.45, 2.75) is 6.04 Å². The Labute approximate surface area is 173 Å². The van der Waals surface area contributed by atoms with E-state index in [4.69, 9.17) is 17.3 Å². The summed E-state index contributed by atoms with van der Waals surface area (Å²) in [5.41, 5.74) is 9.81. The molecule has 0 fully saturated rings. The minimum atomic E-state index is -0.438. The van der Waals surface area contributed by atoms with Crippen molar-refractivity contribution in [2.75, 3.05) is 5.32 Å². The second kappa shape index (κ2) is 8.20. The van der Waals surface area contributed by atoms with E-state index in [0.717, 1.165) is 16.8 Å². The minimum absolute atomic E-state index is 0.220. The molecule has 0 aliphatic carbocycles. The second-order valence-electron chi connectivity index (χ2n) is 6.64. The first-order chi connectivity index (χ1) is 14.1. The Morgan fingerprint density at radius 1 is 0.931 bits per heavy atom. The highest BCUT2D eigenvalue weighted by Gasteiger charge is 2.34. The molecule has 5 N–H and O–H groups in total. The molecule has 0 unspecified atom stereocenters. The molecule has 3 aromatic rings. The van der Waals surface area contributed by atoms with Crippen molar-refractivity contribution in [3.05, 3.63) is 107 Å². The summed E-state index contributed by atoms with van der Waals surface area (Å²) in [7, 11) is 0. The molecule has 1 heterocycles. The first kappa shape index (κ1) is 18.8. The van der Waals surface area contributed by atoms with Gasteiger partial charge in [-0.05, 0) is 29.8 Å². The molecule has 0 spiro atoms. The molecule has 29 heavy (non-hydrogen) atoms. The lowest BCUT2D eigenvalue weighted by atomic mass is 9.92. The smallest absolute Gasteiger partial charge is 0.322 e. The number of carbonyl (C=O) groups excluding carboxylic acids is 1. The Balaban J connectivity index is 1.83. The molecule has 0 radical (unpaired) electrons. The van der Waals surface area contributed by atoms with E-state index in [9.17, 15) is 4.79 Å². The zero-order valence-corrected chi connectivity index (χ0v) is 16.3. The summed E-state index contributed by atoms with van der Waals surface area (Å²) in [5, 5.41) is 6.75. The van der Waals surface area contributed by atoms with Gasteiger partial charge < -0.3 is 5.32 Å². The number of para-hydroxylation sites is 1. The van der Waals surface area contributed by atoms with Crippen molar-refractivity contribution in [3.8, 4) is 0 Å². The highest BCUT2D eigenvalue weighted by atomic mass is 35.5. The number of carbonyl (C=O) groups is 1. The van der Waals surface area contributed by atoms with Gasteiger partial charge in [0.15, 0.2) is 0 Å². The number of nitrogens with two attached hydrogens (primary N) is 1. The summed E-state index contributed by atoms with van der Waals surface area (Å²) in [6.07, 6.45) is 0. The van der Waals surface area contributed by atoms with Crippen LogP contribution in [0.5, 0.6) is 0 Å². The molecule has 5 nitrogen and oxygen atoms in total.